The fourth-order valence-electron chi connectivity index (χ4n) is 1.42. The van der Waals surface area contributed by atoms with Gasteiger partial charge in [-0.25, -0.2) is 13.1 Å². The van der Waals surface area contributed by atoms with E-state index in [1.165, 1.54) is 17.4 Å². The lowest BCUT2D eigenvalue weighted by Gasteiger charge is -2.12. The number of esters is 1. The minimum atomic E-state index is -3.76. The normalized spacial score (nSPS) is 12.5. The van der Waals surface area contributed by atoms with E-state index < -0.39 is 22.0 Å². The first kappa shape index (κ1) is 24.2. The highest BCUT2D eigenvalue weighted by Crippen LogP contribution is 2.34. The van der Waals surface area contributed by atoms with Crippen LogP contribution in [0.25, 0.3) is 0 Å². The Morgan fingerprint density at radius 2 is 2.04 bits per heavy atom. The zero-order chi connectivity index (χ0) is 17.5. The topological polar surface area (TPSA) is 108 Å². The first-order valence-corrected chi connectivity index (χ1v) is 10.6. The monoisotopic (exact) mass is 528 g/mol. The van der Waals surface area contributed by atoms with Crippen molar-refractivity contribution in [2.45, 2.75) is 24.3 Å². The molecule has 0 bridgehead atoms. The van der Waals surface area contributed by atoms with Crippen LogP contribution in [-0.4, -0.2) is 46.8 Å². The van der Waals surface area contributed by atoms with Gasteiger partial charge < -0.3 is 15.2 Å². The lowest BCUT2D eigenvalue weighted by molar-refractivity contribution is -0.146. The summed E-state index contributed by atoms with van der Waals surface area (Å²) in [4.78, 5) is 11.7. The number of carbonyl (C=O) groups is 1. The quantitative estimate of drug-likeness (QED) is 0.355. The standard InChI is InChI=1S/C12H18Br2N2O5S2.ClH/c1-2-3-20-4-5-21-12(17)8(15)7-16-23(18,19)9-6-10(13)22-11(9)14;/h6,8,16H,2-5,7,15H2,1H3;1H. The van der Waals surface area contributed by atoms with Crippen LogP contribution in [0.1, 0.15) is 13.3 Å². The molecule has 1 heterocycles. The van der Waals surface area contributed by atoms with Crippen LogP contribution in [0, 0.1) is 0 Å². The van der Waals surface area contributed by atoms with Crippen molar-refractivity contribution in [3.05, 3.63) is 13.6 Å². The van der Waals surface area contributed by atoms with E-state index in [2.05, 4.69) is 36.6 Å². The molecule has 1 unspecified atom stereocenters. The Labute approximate surface area is 168 Å². The summed E-state index contributed by atoms with van der Waals surface area (Å²) < 4.78 is 37.8. The molecule has 140 valence electrons. The second kappa shape index (κ2) is 11.8. The van der Waals surface area contributed by atoms with E-state index in [0.717, 1.165) is 6.42 Å². The molecule has 1 aromatic heterocycles. The van der Waals surface area contributed by atoms with Crippen LogP contribution in [0.3, 0.4) is 0 Å². The SMILES string of the molecule is CCCOCCOC(=O)C(N)CNS(=O)(=O)c1cc(Br)sc1Br.Cl. The summed E-state index contributed by atoms with van der Waals surface area (Å²) in [5.41, 5.74) is 5.63. The minimum absolute atomic E-state index is 0. The van der Waals surface area contributed by atoms with E-state index in [0.29, 0.717) is 14.2 Å². The molecular formula is C12H19Br2ClN2O5S2. The van der Waals surface area contributed by atoms with Gasteiger partial charge in [0, 0.05) is 13.2 Å². The molecule has 24 heavy (non-hydrogen) atoms. The van der Waals surface area contributed by atoms with Crippen molar-refractivity contribution in [2.24, 2.45) is 5.73 Å². The molecule has 7 nitrogen and oxygen atoms in total. The molecule has 0 aliphatic rings. The third kappa shape index (κ3) is 8.09. The zero-order valence-electron chi connectivity index (χ0n) is 12.8. The summed E-state index contributed by atoms with van der Waals surface area (Å²) in [6.07, 6.45) is 0.878. The predicted octanol–water partition coefficient (Wildman–Crippen LogP) is 2.27. The summed E-state index contributed by atoms with van der Waals surface area (Å²) in [6.45, 7) is 2.68. The molecule has 0 aromatic carbocycles. The fourth-order valence-corrected chi connectivity index (χ4v) is 6.29. The van der Waals surface area contributed by atoms with Gasteiger partial charge in [-0.2, -0.15) is 0 Å². The van der Waals surface area contributed by atoms with E-state index in [1.807, 2.05) is 6.92 Å². The van der Waals surface area contributed by atoms with Crippen molar-refractivity contribution in [1.82, 2.24) is 4.72 Å². The zero-order valence-corrected chi connectivity index (χ0v) is 18.4. The molecule has 1 aromatic rings. The lowest BCUT2D eigenvalue weighted by Crippen LogP contribution is -2.43. The van der Waals surface area contributed by atoms with Gasteiger partial charge in [0.15, 0.2) is 0 Å². The number of rotatable bonds is 10. The molecule has 1 atom stereocenters. The molecule has 0 radical (unpaired) electrons. The van der Waals surface area contributed by atoms with E-state index in [-0.39, 0.29) is 37.1 Å². The maximum Gasteiger partial charge on any atom is 0.324 e. The first-order valence-electron chi connectivity index (χ1n) is 6.72. The summed E-state index contributed by atoms with van der Waals surface area (Å²) in [7, 11) is -3.76. The van der Waals surface area contributed by atoms with Crippen LogP contribution >= 0.6 is 55.6 Å². The summed E-state index contributed by atoms with van der Waals surface area (Å²) in [6, 6.07) is 0.378. The van der Waals surface area contributed by atoms with E-state index in [1.54, 1.807) is 0 Å². The summed E-state index contributed by atoms with van der Waals surface area (Å²) in [5.74, 6) is -0.682. The Morgan fingerprint density at radius 3 is 2.58 bits per heavy atom. The minimum Gasteiger partial charge on any atom is -0.462 e. The van der Waals surface area contributed by atoms with Gasteiger partial charge >= 0.3 is 5.97 Å². The Balaban J connectivity index is 0.00000529. The number of nitrogens with two attached hydrogens (primary N) is 1. The molecule has 3 N–H and O–H groups in total. The third-order valence-corrected chi connectivity index (χ3v) is 6.71. The van der Waals surface area contributed by atoms with Crippen LogP contribution in [0.15, 0.2) is 18.5 Å². The highest BCUT2D eigenvalue weighted by Gasteiger charge is 2.23. The number of hydrogen-bond donors (Lipinski definition) is 2. The van der Waals surface area contributed by atoms with Gasteiger partial charge in [0.25, 0.3) is 0 Å². The maximum absolute atomic E-state index is 12.1. The van der Waals surface area contributed by atoms with Gasteiger partial charge in [-0.3, -0.25) is 4.79 Å². The molecular weight excluding hydrogens is 512 g/mol. The van der Waals surface area contributed by atoms with Crippen LogP contribution in [0.4, 0.5) is 0 Å². The molecule has 12 heteroatoms. The molecule has 0 aliphatic carbocycles. The van der Waals surface area contributed by atoms with Crippen LogP contribution in [0.5, 0.6) is 0 Å². The largest absolute Gasteiger partial charge is 0.462 e. The van der Waals surface area contributed by atoms with Crippen LogP contribution in [0.2, 0.25) is 0 Å². The Morgan fingerprint density at radius 1 is 1.38 bits per heavy atom. The lowest BCUT2D eigenvalue weighted by atomic mass is 10.3. The van der Waals surface area contributed by atoms with Gasteiger partial charge in [0.05, 0.1) is 14.2 Å². The predicted molar refractivity (Wildman–Crippen MR) is 102 cm³/mol. The Bertz CT molecular complexity index is 627. The average Bonchev–Trinajstić information content (AvgIpc) is 2.84. The van der Waals surface area contributed by atoms with Crippen molar-refractivity contribution < 1.29 is 22.7 Å². The molecule has 0 saturated carbocycles. The van der Waals surface area contributed by atoms with Crippen molar-refractivity contribution in [3.8, 4) is 0 Å². The van der Waals surface area contributed by atoms with Crippen LogP contribution < -0.4 is 10.5 Å². The summed E-state index contributed by atoms with van der Waals surface area (Å²) in [5, 5.41) is 0. The Kier molecular flexibility index (Phi) is 11.9. The van der Waals surface area contributed by atoms with Crippen molar-refractivity contribution in [2.75, 3.05) is 26.4 Å². The molecule has 0 amide bonds. The number of thiophene rings is 1. The second-order valence-electron chi connectivity index (χ2n) is 4.43. The number of nitrogens with one attached hydrogen (secondary N) is 1. The van der Waals surface area contributed by atoms with Crippen molar-refractivity contribution in [3.63, 3.8) is 0 Å². The van der Waals surface area contributed by atoms with E-state index in [4.69, 9.17) is 15.2 Å². The van der Waals surface area contributed by atoms with Crippen LogP contribution in [-0.2, 0) is 24.3 Å². The van der Waals surface area contributed by atoms with Crippen molar-refractivity contribution in [1.29, 1.82) is 0 Å². The van der Waals surface area contributed by atoms with Gasteiger partial charge in [-0.05, 0) is 44.3 Å². The van der Waals surface area contributed by atoms with E-state index >= 15 is 0 Å². The third-order valence-electron chi connectivity index (χ3n) is 2.53. The van der Waals surface area contributed by atoms with E-state index in [9.17, 15) is 13.2 Å². The molecule has 1 rings (SSSR count). The van der Waals surface area contributed by atoms with Gasteiger partial charge in [0.2, 0.25) is 10.0 Å². The summed E-state index contributed by atoms with van der Waals surface area (Å²) >= 11 is 7.62. The van der Waals surface area contributed by atoms with Crippen molar-refractivity contribution >= 4 is 71.6 Å². The number of sulfonamides is 1. The molecule has 0 saturated heterocycles. The van der Waals surface area contributed by atoms with Gasteiger partial charge in [0.1, 0.15) is 17.5 Å². The molecule has 0 aliphatic heterocycles. The smallest absolute Gasteiger partial charge is 0.324 e. The number of ether oxygens (including phenoxy) is 2. The highest BCUT2D eigenvalue weighted by atomic mass is 79.9. The first-order chi connectivity index (χ1) is 10.8. The number of carbonyl (C=O) groups excluding carboxylic acids is 1. The molecule has 0 fully saturated rings. The highest BCUT2D eigenvalue weighted by molar-refractivity contribution is 9.12. The Hall–Kier alpha value is 0.250. The average molecular weight is 531 g/mol. The van der Waals surface area contributed by atoms with Gasteiger partial charge in [-0.1, -0.05) is 6.92 Å². The molecule has 0 spiro atoms. The number of halogens is 3. The fraction of sp³-hybridized carbons (Fsp3) is 0.583. The second-order valence-corrected chi connectivity index (χ2v) is 9.91. The number of hydrogen-bond acceptors (Lipinski definition) is 7. The van der Waals surface area contributed by atoms with Gasteiger partial charge in [-0.15, -0.1) is 23.7 Å². The maximum atomic E-state index is 12.1.